The second kappa shape index (κ2) is 8.95. The molecule has 2 heterocycles. The Labute approximate surface area is 205 Å². The largest absolute Gasteiger partial charge is 0.782 e. The van der Waals surface area contributed by atoms with E-state index in [9.17, 15) is 0 Å². The van der Waals surface area contributed by atoms with Gasteiger partial charge in [-0.25, -0.2) is 0 Å². The van der Waals surface area contributed by atoms with Crippen LogP contribution in [0.1, 0.15) is 38.8 Å². The van der Waals surface area contributed by atoms with Crippen LogP contribution < -0.4 is 9.47 Å². The minimum Gasteiger partial charge on any atom is -0.782 e. The molecule has 0 bridgehead atoms. The van der Waals surface area contributed by atoms with Gasteiger partial charge in [0.1, 0.15) is 22.7 Å². The van der Waals surface area contributed by atoms with Crippen LogP contribution in [0.5, 0.6) is 11.5 Å². The first-order chi connectivity index (χ1) is 13.0. The Balaban J connectivity index is 0.000000200. The van der Waals surface area contributed by atoms with E-state index in [1.165, 1.54) is 0 Å². The Hall–Kier alpha value is -1.11. The Morgan fingerprint density at radius 2 is 0.897 bits per heavy atom. The van der Waals surface area contributed by atoms with Crippen molar-refractivity contribution in [2.45, 2.75) is 38.9 Å². The maximum Gasteiger partial charge on any atom is 0.126 e. The van der Waals surface area contributed by atoms with Gasteiger partial charge in [-0.05, 0) is 51.0 Å². The molecular weight excluding hydrogens is 483 g/mol. The Kier molecular flexibility index (Phi) is 7.46. The molecular formula is C22H20NiO2S4-4. The third-order valence-electron chi connectivity index (χ3n) is 4.50. The van der Waals surface area contributed by atoms with Crippen LogP contribution in [0.3, 0.4) is 0 Å². The predicted octanol–water partition coefficient (Wildman–Crippen LogP) is 5.24. The molecule has 2 aromatic rings. The van der Waals surface area contributed by atoms with Crippen molar-refractivity contribution in [1.29, 1.82) is 0 Å². The molecule has 4 rings (SSSR count). The summed E-state index contributed by atoms with van der Waals surface area (Å²) in [6, 6.07) is 15.5. The van der Waals surface area contributed by atoms with Crippen molar-refractivity contribution in [3.05, 3.63) is 69.5 Å². The number of benzene rings is 2. The molecule has 2 aromatic carbocycles. The topological polar surface area (TPSA) is 18.5 Å². The number of rotatable bonds is 0. The van der Waals surface area contributed by atoms with Gasteiger partial charge >= 0.3 is 0 Å². The van der Waals surface area contributed by atoms with Crippen LogP contribution in [0, 0.1) is 0 Å². The number of hydrogen-bond donors (Lipinski definition) is 0. The molecule has 0 amide bonds. The average molecular weight is 503 g/mol. The van der Waals surface area contributed by atoms with Gasteiger partial charge in [0.05, 0.1) is 0 Å². The molecule has 0 saturated carbocycles. The molecule has 2 aliphatic rings. The molecule has 0 atom stereocenters. The summed E-state index contributed by atoms with van der Waals surface area (Å²) in [5.41, 5.74) is 0.959. The summed E-state index contributed by atoms with van der Waals surface area (Å²) in [4.78, 5) is 2.91. The average Bonchev–Trinajstić information content (AvgIpc) is 2.65. The predicted molar refractivity (Wildman–Crippen MR) is 126 cm³/mol. The van der Waals surface area contributed by atoms with E-state index in [0.717, 1.165) is 32.4 Å². The summed E-state index contributed by atoms with van der Waals surface area (Å²) in [6.07, 6.45) is 0. The van der Waals surface area contributed by atoms with Crippen molar-refractivity contribution in [3.63, 3.8) is 0 Å². The van der Waals surface area contributed by atoms with E-state index in [-0.39, 0.29) is 16.5 Å². The Morgan fingerprint density at radius 1 is 0.586 bits per heavy atom. The number of ether oxygens (including phenoxy) is 2. The molecule has 29 heavy (non-hydrogen) atoms. The summed E-state index contributed by atoms with van der Waals surface area (Å²) in [5, 5.41) is 0. The standard InChI is InChI=1S/2C11H12OS2.Ni/c2*1-11(2)10(14)9(13)7-5-3-4-6-8(7)12-11;/h2*3-6,13-14H,1-2H3;/p-4. The Bertz CT molecular complexity index is 901. The molecule has 0 radical (unpaired) electrons. The van der Waals surface area contributed by atoms with Crippen LogP contribution in [0.2, 0.25) is 0 Å². The third-order valence-corrected chi connectivity index (χ3v) is 7.00. The minimum atomic E-state index is -0.458. The van der Waals surface area contributed by atoms with Crippen LogP contribution in [0.15, 0.2) is 58.3 Å². The third kappa shape index (κ3) is 4.80. The van der Waals surface area contributed by atoms with Crippen LogP contribution in [-0.2, 0) is 67.0 Å². The number of hydrogen-bond acceptors (Lipinski definition) is 6. The smallest absolute Gasteiger partial charge is 0.126 e. The van der Waals surface area contributed by atoms with Crippen LogP contribution in [0.4, 0.5) is 0 Å². The molecule has 0 aromatic heterocycles. The van der Waals surface area contributed by atoms with Gasteiger partial charge in [-0.3, -0.25) is 0 Å². The van der Waals surface area contributed by atoms with E-state index >= 15 is 0 Å². The molecule has 0 N–H and O–H groups in total. The molecule has 2 nitrogen and oxygen atoms in total. The van der Waals surface area contributed by atoms with E-state index in [4.69, 9.17) is 60.0 Å². The van der Waals surface area contributed by atoms with Gasteiger partial charge in [-0.1, -0.05) is 36.4 Å². The van der Waals surface area contributed by atoms with Crippen molar-refractivity contribution in [2.24, 2.45) is 0 Å². The van der Waals surface area contributed by atoms with Crippen molar-refractivity contribution in [1.82, 2.24) is 0 Å². The SMILES string of the molecule is CC1(C)Oc2ccccc2C([S-])=C1[S-].CC1(C)Oc2ccccc2C([S-])=C1[S-].[Ni]. The van der Waals surface area contributed by atoms with Gasteiger partial charge in [0.15, 0.2) is 0 Å². The first-order valence-corrected chi connectivity index (χ1v) is 10.4. The summed E-state index contributed by atoms with van der Waals surface area (Å²) >= 11 is 21.2. The van der Waals surface area contributed by atoms with Gasteiger partial charge in [0, 0.05) is 16.5 Å². The molecule has 0 spiro atoms. The minimum absolute atomic E-state index is 0. The van der Waals surface area contributed by atoms with E-state index in [1.807, 2.05) is 76.2 Å². The molecule has 0 unspecified atom stereocenters. The first kappa shape index (κ1) is 24.2. The van der Waals surface area contributed by atoms with E-state index in [0.29, 0.717) is 9.81 Å². The van der Waals surface area contributed by atoms with Crippen molar-refractivity contribution >= 4 is 60.3 Å². The number of para-hydroxylation sites is 2. The van der Waals surface area contributed by atoms with Crippen LogP contribution >= 0.6 is 0 Å². The molecule has 158 valence electrons. The second-order valence-electron chi connectivity index (χ2n) is 7.53. The molecule has 7 heteroatoms. The fourth-order valence-corrected chi connectivity index (χ4v) is 4.05. The fraction of sp³-hybridized carbons (Fsp3) is 0.273. The normalized spacial score (nSPS) is 18.1. The quantitative estimate of drug-likeness (QED) is 0.359. The van der Waals surface area contributed by atoms with Gasteiger partial charge < -0.3 is 60.0 Å². The van der Waals surface area contributed by atoms with Gasteiger partial charge in [-0.2, -0.15) is 19.6 Å². The molecule has 2 aliphatic heterocycles. The Morgan fingerprint density at radius 3 is 1.24 bits per heavy atom. The van der Waals surface area contributed by atoms with Crippen LogP contribution in [-0.4, -0.2) is 11.2 Å². The van der Waals surface area contributed by atoms with Crippen molar-refractivity contribution < 1.29 is 26.0 Å². The molecule has 0 fully saturated rings. The monoisotopic (exact) mass is 502 g/mol. The van der Waals surface area contributed by atoms with Gasteiger partial charge in [0.25, 0.3) is 0 Å². The fourth-order valence-electron chi connectivity index (χ4n) is 2.92. The second-order valence-corrected chi connectivity index (χ2v) is 9.17. The molecule has 0 saturated heterocycles. The van der Waals surface area contributed by atoms with Crippen LogP contribution in [0.25, 0.3) is 9.81 Å². The summed E-state index contributed by atoms with van der Waals surface area (Å²) < 4.78 is 11.5. The van der Waals surface area contributed by atoms with Crippen molar-refractivity contribution in [2.75, 3.05) is 0 Å². The van der Waals surface area contributed by atoms with Crippen molar-refractivity contribution in [3.8, 4) is 11.5 Å². The zero-order chi connectivity index (χ0) is 20.7. The summed E-state index contributed by atoms with van der Waals surface area (Å²) in [7, 11) is 0. The maximum absolute atomic E-state index is 5.77. The summed E-state index contributed by atoms with van der Waals surface area (Å²) in [6.45, 7) is 7.77. The van der Waals surface area contributed by atoms with Gasteiger partial charge in [-0.15, -0.1) is 0 Å². The molecule has 0 aliphatic carbocycles. The van der Waals surface area contributed by atoms with Gasteiger partial charge in [0.2, 0.25) is 0 Å². The van der Waals surface area contributed by atoms with E-state index in [2.05, 4.69) is 0 Å². The van der Waals surface area contributed by atoms with E-state index in [1.54, 1.807) is 0 Å². The number of fused-ring (bicyclic) bond motifs is 2. The zero-order valence-electron chi connectivity index (χ0n) is 16.4. The maximum atomic E-state index is 5.77. The van der Waals surface area contributed by atoms with E-state index < -0.39 is 11.2 Å². The first-order valence-electron chi connectivity index (χ1n) is 8.79. The zero-order valence-corrected chi connectivity index (χ0v) is 20.6. The summed E-state index contributed by atoms with van der Waals surface area (Å²) in [5.74, 6) is 1.66.